The van der Waals surface area contributed by atoms with Gasteiger partial charge >= 0.3 is 5.63 Å². The second-order valence-electron chi connectivity index (χ2n) is 12.2. The van der Waals surface area contributed by atoms with Gasteiger partial charge in [0.05, 0.1) is 0 Å². The zero-order valence-electron chi connectivity index (χ0n) is 25.6. The Hall–Kier alpha value is -3.47. The number of halogens is 2. The van der Waals surface area contributed by atoms with Crippen LogP contribution in [0.5, 0.6) is 5.75 Å². The van der Waals surface area contributed by atoms with E-state index in [1.807, 2.05) is 6.92 Å². The summed E-state index contributed by atoms with van der Waals surface area (Å²) < 4.78 is 40.9. The summed E-state index contributed by atoms with van der Waals surface area (Å²) in [6.45, 7) is 4.33. The van der Waals surface area contributed by atoms with Crippen LogP contribution in [0.2, 0.25) is 0 Å². The zero-order valence-corrected chi connectivity index (χ0v) is 25.6. The maximum atomic E-state index is 15.4. The second-order valence-corrected chi connectivity index (χ2v) is 12.2. The van der Waals surface area contributed by atoms with Gasteiger partial charge in [-0.2, -0.15) is 0 Å². The van der Waals surface area contributed by atoms with Crippen molar-refractivity contribution in [2.75, 3.05) is 0 Å². The van der Waals surface area contributed by atoms with Crippen molar-refractivity contribution in [2.24, 2.45) is 5.92 Å². The van der Waals surface area contributed by atoms with Crippen molar-refractivity contribution in [3.63, 3.8) is 0 Å². The lowest BCUT2D eigenvalue weighted by atomic mass is 9.77. The van der Waals surface area contributed by atoms with E-state index in [2.05, 4.69) is 31.2 Å². The van der Waals surface area contributed by atoms with Gasteiger partial charge in [-0.1, -0.05) is 101 Å². The number of hydrogen-bond acceptors (Lipinski definition) is 3. The van der Waals surface area contributed by atoms with Crippen LogP contribution >= 0.6 is 0 Å². The maximum Gasteiger partial charge on any atom is 0.347 e. The van der Waals surface area contributed by atoms with E-state index in [1.54, 1.807) is 24.3 Å². The Morgan fingerprint density at radius 2 is 1.58 bits per heavy atom. The molecule has 0 radical (unpaired) electrons. The molecule has 3 nitrogen and oxygen atoms in total. The Morgan fingerprint density at radius 1 is 0.837 bits per heavy atom. The van der Waals surface area contributed by atoms with Crippen molar-refractivity contribution in [3.05, 3.63) is 99.4 Å². The molecule has 0 atom stereocenters. The van der Waals surface area contributed by atoms with Crippen LogP contribution in [0.4, 0.5) is 8.78 Å². The molecule has 228 valence electrons. The molecule has 1 aliphatic rings. The molecule has 0 bridgehead atoms. The van der Waals surface area contributed by atoms with Crippen LogP contribution in [0, 0.1) is 17.6 Å². The average molecular weight is 587 g/mol. The van der Waals surface area contributed by atoms with E-state index in [0.717, 1.165) is 11.5 Å². The highest BCUT2D eigenvalue weighted by Gasteiger charge is 2.22. The minimum atomic E-state index is -0.818. The van der Waals surface area contributed by atoms with E-state index in [0.29, 0.717) is 28.9 Å². The third-order valence-corrected chi connectivity index (χ3v) is 9.21. The minimum absolute atomic E-state index is 0.00124. The van der Waals surface area contributed by atoms with Gasteiger partial charge in [-0.25, -0.2) is 13.6 Å². The summed E-state index contributed by atoms with van der Waals surface area (Å²) in [5.74, 6) is 0.573. The smallest absolute Gasteiger partial charge is 0.347 e. The lowest BCUT2D eigenvalue weighted by Gasteiger charge is -2.29. The highest BCUT2D eigenvalue weighted by molar-refractivity contribution is 5.86. The largest absolute Gasteiger partial charge is 0.486 e. The molecular formula is C38H44F2O3. The molecule has 1 saturated carbocycles. The third-order valence-electron chi connectivity index (χ3n) is 9.21. The fourth-order valence-corrected chi connectivity index (χ4v) is 6.51. The van der Waals surface area contributed by atoms with Crippen LogP contribution in [0.1, 0.15) is 107 Å². The SMILES string of the molecule is CCCCCCCCC1CCC(c2ccc(COc3ccc4cc(-c5ccc(CC)c(F)c5)oc(=O)c4c3F)cc2)CC1. The van der Waals surface area contributed by atoms with Crippen molar-refractivity contribution >= 4 is 10.8 Å². The van der Waals surface area contributed by atoms with E-state index in [-0.39, 0.29) is 29.3 Å². The van der Waals surface area contributed by atoms with Gasteiger partial charge in [-0.3, -0.25) is 0 Å². The molecule has 5 rings (SSSR count). The first-order chi connectivity index (χ1) is 21.0. The second kappa shape index (κ2) is 14.8. The highest BCUT2D eigenvalue weighted by atomic mass is 19.1. The Kier molecular flexibility index (Phi) is 10.7. The van der Waals surface area contributed by atoms with Gasteiger partial charge in [0.15, 0.2) is 11.6 Å². The monoisotopic (exact) mass is 586 g/mol. The van der Waals surface area contributed by atoms with E-state index in [1.165, 1.54) is 88.3 Å². The lowest BCUT2D eigenvalue weighted by molar-refractivity contribution is 0.291. The van der Waals surface area contributed by atoms with Crippen LogP contribution in [0.15, 0.2) is 69.9 Å². The molecule has 4 aromatic rings. The molecule has 0 amide bonds. The molecule has 0 N–H and O–H groups in total. The number of hydrogen-bond donors (Lipinski definition) is 0. The molecule has 1 aliphatic carbocycles. The van der Waals surface area contributed by atoms with Gasteiger partial charge in [0, 0.05) is 5.56 Å². The summed E-state index contributed by atoms with van der Waals surface area (Å²) in [5, 5.41) is 0.205. The standard InChI is InChI=1S/C38H44F2O3/c1-3-5-6-7-8-9-10-26-11-15-29(16-12-26)30-17-13-27(14-18-30)25-42-34-22-21-32-24-35(43-38(41)36(32)37(34)40)31-20-19-28(4-2)33(39)23-31/h13-14,17-24,26,29H,3-12,15-16,25H2,1-2H3. The molecule has 0 aliphatic heterocycles. The van der Waals surface area contributed by atoms with E-state index >= 15 is 4.39 Å². The molecule has 1 heterocycles. The normalized spacial score (nSPS) is 16.9. The van der Waals surface area contributed by atoms with Gasteiger partial charge in [0.1, 0.15) is 23.6 Å². The van der Waals surface area contributed by atoms with Crippen molar-refractivity contribution in [3.8, 4) is 17.1 Å². The molecule has 1 aromatic heterocycles. The first-order valence-electron chi connectivity index (χ1n) is 16.2. The minimum Gasteiger partial charge on any atom is -0.486 e. The van der Waals surface area contributed by atoms with Crippen LogP contribution in [0.3, 0.4) is 0 Å². The molecular weight excluding hydrogens is 542 g/mol. The summed E-state index contributed by atoms with van der Waals surface area (Å²) in [6, 6.07) is 17.9. The number of unbranched alkanes of at least 4 members (excludes halogenated alkanes) is 5. The van der Waals surface area contributed by atoms with Crippen molar-refractivity contribution < 1.29 is 17.9 Å². The predicted molar refractivity (Wildman–Crippen MR) is 171 cm³/mol. The van der Waals surface area contributed by atoms with Crippen molar-refractivity contribution in [2.45, 2.75) is 103 Å². The number of fused-ring (bicyclic) bond motifs is 1. The van der Waals surface area contributed by atoms with Crippen molar-refractivity contribution in [1.29, 1.82) is 0 Å². The number of benzene rings is 3. The summed E-state index contributed by atoms with van der Waals surface area (Å²) in [6.07, 6.45) is 15.3. The van der Waals surface area contributed by atoms with E-state index in [4.69, 9.17) is 9.15 Å². The van der Waals surface area contributed by atoms with Gasteiger partial charge < -0.3 is 9.15 Å². The molecule has 3 aromatic carbocycles. The van der Waals surface area contributed by atoms with Gasteiger partial charge in [0.25, 0.3) is 0 Å². The summed E-state index contributed by atoms with van der Waals surface area (Å²) in [7, 11) is 0. The molecule has 1 fully saturated rings. The Labute approximate surface area is 254 Å². The molecule has 0 spiro atoms. The fourth-order valence-electron chi connectivity index (χ4n) is 6.51. The van der Waals surface area contributed by atoms with Crippen LogP contribution in [-0.4, -0.2) is 0 Å². The molecule has 5 heteroatoms. The third kappa shape index (κ3) is 7.74. The summed E-state index contributed by atoms with van der Waals surface area (Å²) in [4.78, 5) is 12.8. The van der Waals surface area contributed by atoms with E-state index in [9.17, 15) is 9.18 Å². The Balaban J connectivity index is 1.16. The fraction of sp³-hybridized carbons (Fsp3) is 0.447. The molecule has 43 heavy (non-hydrogen) atoms. The highest BCUT2D eigenvalue weighted by Crippen LogP contribution is 2.38. The molecule has 0 saturated heterocycles. The Morgan fingerprint density at radius 3 is 2.30 bits per heavy atom. The van der Waals surface area contributed by atoms with Crippen LogP contribution in [0.25, 0.3) is 22.1 Å². The zero-order chi connectivity index (χ0) is 30.2. The quantitative estimate of drug-likeness (QED) is 0.146. The summed E-state index contributed by atoms with van der Waals surface area (Å²) >= 11 is 0. The Bertz CT molecular complexity index is 1550. The average Bonchev–Trinajstić information content (AvgIpc) is 3.02. The van der Waals surface area contributed by atoms with Crippen LogP contribution < -0.4 is 10.4 Å². The van der Waals surface area contributed by atoms with E-state index < -0.39 is 11.4 Å². The van der Waals surface area contributed by atoms with Gasteiger partial charge in [0.2, 0.25) is 0 Å². The first-order valence-corrected chi connectivity index (χ1v) is 16.2. The van der Waals surface area contributed by atoms with Gasteiger partial charge in [-0.15, -0.1) is 0 Å². The molecule has 0 unspecified atom stereocenters. The predicted octanol–water partition coefficient (Wildman–Crippen LogP) is 10.9. The van der Waals surface area contributed by atoms with Gasteiger partial charge in [-0.05, 0) is 84.2 Å². The van der Waals surface area contributed by atoms with Crippen molar-refractivity contribution in [1.82, 2.24) is 0 Å². The maximum absolute atomic E-state index is 15.4. The number of ether oxygens (including phenoxy) is 1. The van der Waals surface area contributed by atoms with Crippen LogP contribution in [-0.2, 0) is 13.0 Å². The number of rotatable bonds is 13. The number of aryl methyl sites for hydroxylation is 1. The topological polar surface area (TPSA) is 39.4 Å². The lowest BCUT2D eigenvalue weighted by Crippen LogP contribution is -2.13. The first kappa shape index (κ1) is 31.0. The summed E-state index contributed by atoms with van der Waals surface area (Å²) in [5.41, 5.74) is 2.51.